The summed E-state index contributed by atoms with van der Waals surface area (Å²) in [7, 11) is 0.953. The predicted molar refractivity (Wildman–Crippen MR) is 122 cm³/mol. The Hall–Kier alpha value is -3.53. The first kappa shape index (κ1) is 26.5. The van der Waals surface area contributed by atoms with E-state index in [2.05, 4.69) is 31.3 Å². The van der Waals surface area contributed by atoms with Gasteiger partial charge in [-0.3, -0.25) is 14.3 Å². The van der Waals surface area contributed by atoms with Crippen LogP contribution in [-0.4, -0.2) is 26.6 Å². The summed E-state index contributed by atoms with van der Waals surface area (Å²) in [4.78, 5) is 27.9. The van der Waals surface area contributed by atoms with Gasteiger partial charge in [0.25, 0.3) is 11.8 Å². The van der Waals surface area contributed by atoms with E-state index < -0.39 is 56.4 Å². The van der Waals surface area contributed by atoms with Crippen LogP contribution in [0.4, 0.5) is 36.4 Å². The first-order valence-electron chi connectivity index (χ1n) is 9.81. The molecule has 0 saturated heterocycles. The largest absolute Gasteiger partial charge is 0.434 e. The summed E-state index contributed by atoms with van der Waals surface area (Å²) in [5.41, 5.74) is 1.56. The third-order valence-corrected chi connectivity index (χ3v) is 6.89. The Morgan fingerprint density at radius 3 is 2.22 bits per heavy atom. The second kappa shape index (κ2) is 9.09. The molecule has 0 fully saturated rings. The monoisotopic (exact) mass is 609 g/mol. The van der Waals surface area contributed by atoms with E-state index in [1.807, 2.05) is 0 Å². The van der Waals surface area contributed by atoms with E-state index in [1.165, 1.54) is 12.1 Å². The maximum Gasteiger partial charge on any atom is 0.434 e. The van der Waals surface area contributed by atoms with Crippen LogP contribution in [0.25, 0.3) is 21.3 Å². The van der Waals surface area contributed by atoms with Crippen LogP contribution in [0.1, 0.15) is 31.5 Å². The number of nitrogens with two attached hydrogens (primary N) is 1. The number of aromatic nitrogens is 3. The van der Waals surface area contributed by atoms with E-state index in [0.29, 0.717) is 22.1 Å². The molecule has 3 aromatic heterocycles. The highest BCUT2D eigenvalue weighted by atomic mass is 79.9. The molecule has 0 bridgehead atoms. The van der Waals surface area contributed by atoms with Crippen LogP contribution < -0.4 is 11.1 Å². The molecular weight excluding hydrogens is 599 g/mol. The number of carbonyl (C=O) groups is 2. The fourth-order valence-electron chi connectivity index (χ4n) is 3.52. The lowest BCUT2D eigenvalue weighted by molar-refractivity contribution is -0.144. The van der Waals surface area contributed by atoms with Gasteiger partial charge in [0.15, 0.2) is 11.4 Å². The minimum absolute atomic E-state index is 0.0713. The lowest BCUT2D eigenvalue weighted by Crippen LogP contribution is -2.17. The normalized spacial score (nSPS) is 12.2. The van der Waals surface area contributed by atoms with Gasteiger partial charge in [-0.15, -0.1) is 11.3 Å². The third-order valence-electron chi connectivity index (χ3n) is 5.04. The molecule has 37 heavy (non-hydrogen) atoms. The molecule has 0 aliphatic rings. The van der Waals surface area contributed by atoms with Gasteiger partial charge in [-0.2, -0.15) is 31.4 Å². The molecule has 0 aliphatic carbocycles. The fourth-order valence-corrected chi connectivity index (χ4v) is 5.27. The number of fused-ring (bicyclic) bond motifs is 1. The Bertz CT molecular complexity index is 1560. The summed E-state index contributed by atoms with van der Waals surface area (Å²) < 4.78 is 93.9. The fraction of sp³-hybridized carbons (Fsp3) is 0.143. The lowest BCUT2D eigenvalue weighted by atomic mass is 10.0. The average molecular weight is 610 g/mol. The van der Waals surface area contributed by atoms with Crippen LogP contribution in [0, 0.1) is 5.82 Å². The van der Waals surface area contributed by atoms with Crippen molar-refractivity contribution in [2.24, 2.45) is 12.8 Å². The summed E-state index contributed by atoms with van der Waals surface area (Å²) in [6.45, 7) is 0. The van der Waals surface area contributed by atoms with E-state index in [4.69, 9.17) is 5.73 Å². The molecular formula is C21H11BrF7N5O2S. The van der Waals surface area contributed by atoms with Crippen molar-refractivity contribution in [3.05, 3.63) is 62.6 Å². The van der Waals surface area contributed by atoms with Crippen molar-refractivity contribution in [1.82, 2.24) is 14.8 Å². The Morgan fingerprint density at radius 1 is 1.08 bits per heavy atom. The number of anilines is 1. The van der Waals surface area contributed by atoms with Crippen LogP contribution in [0.3, 0.4) is 0 Å². The zero-order valence-corrected chi connectivity index (χ0v) is 20.5. The molecule has 16 heteroatoms. The summed E-state index contributed by atoms with van der Waals surface area (Å²) in [5.74, 6) is -3.04. The van der Waals surface area contributed by atoms with Crippen LogP contribution >= 0.6 is 27.3 Å². The molecule has 0 unspecified atom stereocenters. The molecule has 7 nitrogen and oxygen atoms in total. The van der Waals surface area contributed by atoms with Gasteiger partial charge < -0.3 is 11.1 Å². The van der Waals surface area contributed by atoms with Gasteiger partial charge in [0, 0.05) is 12.4 Å². The molecule has 0 atom stereocenters. The number of nitrogens with one attached hydrogen (secondary N) is 1. The number of halogens is 8. The van der Waals surface area contributed by atoms with E-state index in [0.717, 1.165) is 19.2 Å². The molecule has 0 spiro atoms. The maximum atomic E-state index is 13.6. The highest BCUT2D eigenvalue weighted by Gasteiger charge is 2.40. The van der Waals surface area contributed by atoms with E-state index >= 15 is 0 Å². The maximum absolute atomic E-state index is 13.6. The van der Waals surface area contributed by atoms with Gasteiger partial charge in [0.1, 0.15) is 21.2 Å². The van der Waals surface area contributed by atoms with Gasteiger partial charge in [-0.05, 0) is 45.3 Å². The number of alkyl halides is 6. The molecule has 194 valence electrons. The molecule has 1 aromatic carbocycles. The van der Waals surface area contributed by atoms with E-state index in [1.54, 1.807) is 0 Å². The number of rotatable bonds is 4. The second-order valence-corrected chi connectivity index (χ2v) is 9.29. The average Bonchev–Trinajstić information content (AvgIpc) is 3.29. The number of nitrogens with zero attached hydrogens (tertiary/aromatic N) is 3. The molecule has 4 aromatic rings. The van der Waals surface area contributed by atoms with Crippen molar-refractivity contribution < 1.29 is 40.3 Å². The number of primary amides is 1. The van der Waals surface area contributed by atoms with Crippen molar-refractivity contribution in [2.75, 3.05) is 5.32 Å². The zero-order valence-electron chi connectivity index (χ0n) is 18.1. The predicted octanol–water partition coefficient (Wildman–Crippen LogP) is 5.99. The Balaban J connectivity index is 1.96. The molecule has 3 heterocycles. The van der Waals surface area contributed by atoms with Crippen molar-refractivity contribution in [2.45, 2.75) is 12.4 Å². The number of pyridine rings is 1. The standard InChI is InChI=1S/C21H11BrF7N5O2S/c1-34-16(21(27,28)29)12(22)14(33-34)18(36)32-13-11-9(7-2-4-8(23)5-3-7)6-10(20(24,25)26)31-19(11)37-15(13)17(30)35/h2-6H,1H3,(H2,30,35)(H,32,36). The number of thiophene rings is 1. The summed E-state index contributed by atoms with van der Waals surface area (Å²) in [5, 5.41) is 5.66. The Morgan fingerprint density at radius 2 is 1.70 bits per heavy atom. The van der Waals surface area contributed by atoms with Crippen molar-refractivity contribution in [3.63, 3.8) is 0 Å². The smallest absolute Gasteiger partial charge is 0.365 e. The van der Waals surface area contributed by atoms with Crippen LogP contribution in [0.2, 0.25) is 0 Å². The molecule has 0 saturated carbocycles. The third kappa shape index (κ3) is 4.90. The van der Waals surface area contributed by atoms with E-state index in [9.17, 15) is 40.3 Å². The molecule has 4 rings (SSSR count). The minimum Gasteiger partial charge on any atom is -0.365 e. The number of aryl methyl sites for hydroxylation is 1. The number of amides is 2. The van der Waals surface area contributed by atoms with Gasteiger partial charge in [-0.25, -0.2) is 9.37 Å². The summed E-state index contributed by atoms with van der Waals surface area (Å²) >= 11 is 3.14. The summed E-state index contributed by atoms with van der Waals surface area (Å²) in [6.07, 6.45) is -9.78. The SMILES string of the molecule is Cn1nc(C(=O)Nc2c(C(N)=O)sc3nc(C(F)(F)F)cc(-c4ccc(F)cc4)c23)c(Br)c1C(F)(F)F. The topological polar surface area (TPSA) is 103 Å². The zero-order chi connectivity index (χ0) is 27.4. The summed E-state index contributed by atoms with van der Waals surface area (Å²) in [6, 6.07) is 4.95. The van der Waals surface area contributed by atoms with Crippen molar-refractivity contribution >= 4 is 55.0 Å². The first-order chi connectivity index (χ1) is 17.1. The van der Waals surface area contributed by atoms with Crippen LogP contribution in [0.5, 0.6) is 0 Å². The number of hydrogen-bond donors (Lipinski definition) is 2. The minimum atomic E-state index is -4.91. The Kier molecular flexibility index (Phi) is 6.52. The lowest BCUT2D eigenvalue weighted by Gasteiger charge is -2.12. The molecule has 0 aliphatic heterocycles. The first-order valence-corrected chi connectivity index (χ1v) is 11.4. The highest BCUT2D eigenvalue weighted by Crippen LogP contribution is 2.44. The Labute approximate surface area is 214 Å². The number of hydrogen-bond acceptors (Lipinski definition) is 5. The number of carbonyl (C=O) groups excluding carboxylic acids is 2. The van der Waals surface area contributed by atoms with Gasteiger partial charge in [0.2, 0.25) is 0 Å². The molecule has 2 amide bonds. The van der Waals surface area contributed by atoms with E-state index in [-0.39, 0.29) is 27.0 Å². The highest BCUT2D eigenvalue weighted by molar-refractivity contribution is 9.10. The second-order valence-electron chi connectivity index (χ2n) is 7.50. The van der Waals surface area contributed by atoms with Gasteiger partial charge in [0.05, 0.1) is 10.2 Å². The van der Waals surface area contributed by atoms with Crippen LogP contribution in [-0.2, 0) is 19.4 Å². The quantitative estimate of drug-likeness (QED) is 0.278. The van der Waals surface area contributed by atoms with Crippen molar-refractivity contribution in [1.29, 1.82) is 0 Å². The molecule has 0 radical (unpaired) electrons. The van der Waals surface area contributed by atoms with Gasteiger partial charge in [-0.1, -0.05) is 12.1 Å². The number of benzene rings is 1. The van der Waals surface area contributed by atoms with Gasteiger partial charge >= 0.3 is 12.4 Å². The molecule has 3 N–H and O–H groups in total. The van der Waals surface area contributed by atoms with Crippen LogP contribution in [0.15, 0.2) is 34.8 Å². The van der Waals surface area contributed by atoms with Crippen molar-refractivity contribution in [3.8, 4) is 11.1 Å².